The second-order valence-corrected chi connectivity index (χ2v) is 8.30. The number of carbonyl (C=O) groups is 2. The van der Waals surface area contributed by atoms with E-state index in [4.69, 9.17) is 9.47 Å². The fourth-order valence-corrected chi connectivity index (χ4v) is 4.22. The number of anilines is 2. The SMILES string of the molecule is CCOc1ccc(N(C(CC)C(=O)Nc2ccccc2C(=O)OC)S(C)(=O)=O)cc1. The molecule has 0 aliphatic heterocycles. The summed E-state index contributed by atoms with van der Waals surface area (Å²) in [5, 5.41) is 2.66. The van der Waals surface area contributed by atoms with Crippen LogP contribution in [0, 0.1) is 0 Å². The Morgan fingerprint density at radius 2 is 1.70 bits per heavy atom. The standard InChI is InChI=1S/C21H26N2O6S/c1-5-19(20(24)22-18-10-8-7-9-17(18)21(25)28-3)23(30(4,26)27)15-11-13-16(14-12-15)29-6-2/h7-14,19H,5-6H2,1-4H3,(H,22,24). The molecule has 2 aromatic rings. The molecule has 1 atom stereocenters. The van der Waals surface area contributed by atoms with Crippen LogP contribution in [0.5, 0.6) is 5.75 Å². The molecule has 0 saturated carbocycles. The minimum absolute atomic E-state index is 0.176. The van der Waals surface area contributed by atoms with E-state index in [1.807, 2.05) is 6.92 Å². The first-order valence-corrected chi connectivity index (χ1v) is 11.3. The molecule has 0 heterocycles. The molecule has 1 N–H and O–H groups in total. The first kappa shape index (κ1) is 23.2. The molecular weight excluding hydrogens is 408 g/mol. The Morgan fingerprint density at radius 3 is 2.23 bits per heavy atom. The van der Waals surface area contributed by atoms with Gasteiger partial charge >= 0.3 is 5.97 Å². The predicted molar refractivity (Wildman–Crippen MR) is 115 cm³/mol. The number of rotatable bonds is 9. The molecule has 0 radical (unpaired) electrons. The molecule has 0 saturated heterocycles. The van der Waals surface area contributed by atoms with Crippen molar-refractivity contribution in [2.75, 3.05) is 29.6 Å². The average Bonchev–Trinajstić information content (AvgIpc) is 2.71. The number of ether oxygens (including phenoxy) is 2. The molecule has 1 unspecified atom stereocenters. The van der Waals surface area contributed by atoms with Gasteiger partial charge in [-0.3, -0.25) is 9.10 Å². The average molecular weight is 435 g/mol. The van der Waals surface area contributed by atoms with Crippen LogP contribution in [0.2, 0.25) is 0 Å². The lowest BCUT2D eigenvalue weighted by atomic mass is 10.1. The maximum atomic E-state index is 13.0. The van der Waals surface area contributed by atoms with E-state index in [0.29, 0.717) is 18.0 Å². The van der Waals surface area contributed by atoms with E-state index < -0.39 is 27.9 Å². The third-order valence-corrected chi connectivity index (χ3v) is 5.50. The summed E-state index contributed by atoms with van der Waals surface area (Å²) in [6.07, 6.45) is 1.26. The lowest BCUT2D eigenvalue weighted by Gasteiger charge is -2.30. The van der Waals surface area contributed by atoms with Crippen molar-refractivity contribution in [2.45, 2.75) is 26.3 Å². The number of carbonyl (C=O) groups excluding carboxylic acids is 2. The fraction of sp³-hybridized carbons (Fsp3) is 0.333. The molecule has 30 heavy (non-hydrogen) atoms. The van der Waals surface area contributed by atoms with Crippen LogP contribution in [0.3, 0.4) is 0 Å². The zero-order valence-corrected chi connectivity index (χ0v) is 18.2. The highest BCUT2D eigenvalue weighted by atomic mass is 32.2. The topological polar surface area (TPSA) is 102 Å². The van der Waals surface area contributed by atoms with Gasteiger partial charge in [0.1, 0.15) is 11.8 Å². The van der Waals surface area contributed by atoms with Gasteiger partial charge in [0.15, 0.2) is 0 Å². The van der Waals surface area contributed by atoms with Gasteiger partial charge < -0.3 is 14.8 Å². The van der Waals surface area contributed by atoms with E-state index in [-0.39, 0.29) is 17.7 Å². The molecular formula is C21H26N2O6S. The minimum Gasteiger partial charge on any atom is -0.494 e. The third-order valence-electron chi connectivity index (χ3n) is 4.32. The molecule has 0 spiro atoms. The van der Waals surface area contributed by atoms with E-state index in [9.17, 15) is 18.0 Å². The van der Waals surface area contributed by atoms with Crippen molar-refractivity contribution in [3.63, 3.8) is 0 Å². The number of nitrogens with zero attached hydrogens (tertiary/aromatic N) is 1. The number of amides is 1. The first-order chi connectivity index (χ1) is 14.2. The van der Waals surface area contributed by atoms with Crippen LogP contribution >= 0.6 is 0 Å². The molecule has 9 heteroatoms. The Hall–Kier alpha value is -3.07. The summed E-state index contributed by atoms with van der Waals surface area (Å²) in [7, 11) is -2.54. The van der Waals surface area contributed by atoms with Gasteiger partial charge in [0.2, 0.25) is 15.9 Å². The van der Waals surface area contributed by atoms with Crippen LogP contribution in [0.15, 0.2) is 48.5 Å². The zero-order chi connectivity index (χ0) is 22.3. The molecule has 2 rings (SSSR count). The summed E-state index contributed by atoms with van der Waals surface area (Å²) in [6, 6.07) is 11.8. The fourth-order valence-electron chi connectivity index (χ4n) is 3.01. The van der Waals surface area contributed by atoms with Gasteiger partial charge in [0.25, 0.3) is 0 Å². The normalized spacial score (nSPS) is 12.0. The number of para-hydroxylation sites is 1. The second kappa shape index (κ2) is 10.1. The first-order valence-electron chi connectivity index (χ1n) is 9.43. The number of esters is 1. The molecule has 0 bridgehead atoms. The van der Waals surface area contributed by atoms with Crippen LogP contribution in [0.4, 0.5) is 11.4 Å². The Morgan fingerprint density at radius 1 is 1.07 bits per heavy atom. The Labute approximate surface area is 176 Å². The van der Waals surface area contributed by atoms with Crippen LogP contribution in [-0.4, -0.2) is 46.3 Å². The lowest BCUT2D eigenvalue weighted by molar-refractivity contribution is -0.117. The van der Waals surface area contributed by atoms with E-state index in [1.165, 1.54) is 13.2 Å². The van der Waals surface area contributed by atoms with Gasteiger partial charge in [-0.05, 0) is 49.7 Å². The summed E-state index contributed by atoms with van der Waals surface area (Å²) < 4.78 is 36.3. The summed E-state index contributed by atoms with van der Waals surface area (Å²) in [5.41, 5.74) is 0.757. The van der Waals surface area contributed by atoms with Gasteiger partial charge in [-0.1, -0.05) is 19.1 Å². The number of methoxy groups -OCH3 is 1. The van der Waals surface area contributed by atoms with E-state index in [0.717, 1.165) is 10.6 Å². The second-order valence-electron chi connectivity index (χ2n) is 6.44. The van der Waals surface area contributed by atoms with E-state index in [2.05, 4.69) is 5.32 Å². The number of benzene rings is 2. The van der Waals surface area contributed by atoms with Gasteiger partial charge in [-0.25, -0.2) is 13.2 Å². The van der Waals surface area contributed by atoms with Gasteiger partial charge in [-0.15, -0.1) is 0 Å². The summed E-state index contributed by atoms with van der Waals surface area (Å²) >= 11 is 0. The lowest BCUT2D eigenvalue weighted by Crippen LogP contribution is -2.47. The molecule has 1 amide bonds. The van der Waals surface area contributed by atoms with Crippen molar-refractivity contribution in [1.82, 2.24) is 0 Å². The van der Waals surface area contributed by atoms with Crippen molar-refractivity contribution in [1.29, 1.82) is 0 Å². The summed E-state index contributed by atoms with van der Waals surface area (Å²) in [5.74, 6) is -0.571. The van der Waals surface area contributed by atoms with Gasteiger partial charge in [-0.2, -0.15) is 0 Å². The van der Waals surface area contributed by atoms with Crippen LogP contribution < -0.4 is 14.4 Å². The van der Waals surface area contributed by atoms with Crippen LogP contribution in [-0.2, 0) is 19.6 Å². The smallest absolute Gasteiger partial charge is 0.339 e. The van der Waals surface area contributed by atoms with Gasteiger partial charge in [0.05, 0.1) is 36.9 Å². The van der Waals surface area contributed by atoms with Crippen molar-refractivity contribution in [2.24, 2.45) is 0 Å². The highest BCUT2D eigenvalue weighted by Crippen LogP contribution is 2.26. The molecule has 0 fully saturated rings. The van der Waals surface area contributed by atoms with Crippen LogP contribution in [0.25, 0.3) is 0 Å². The maximum Gasteiger partial charge on any atom is 0.339 e. The number of hydrogen-bond donors (Lipinski definition) is 1. The Kier molecular flexibility index (Phi) is 7.82. The molecule has 2 aromatic carbocycles. The monoisotopic (exact) mass is 434 g/mol. The zero-order valence-electron chi connectivity index (χ0n) is 17.4. The summed E-state index contributed by atoms with van der Waals surface area (Å²) in [6.45, 7) is 4.04. The van der Waals surface area contributed by atoms with Crippen molar-refractivity contribution in [3.8, 4) is 5.75 Å². The molecule has 0 aromatic heterocycles. The van der Waals surface area contributed by atoms with Crippen LogP contribution in [0.1, 0.15) is 30.6 Å². The van der Waals surface area contributed by atoms with E-state index >= 15 is 0 Å². The Bertz CT molecular complexity index is 989. The molecule has 8 nitrogen and oxygen atoms in total. The highest BCUT2D eigenvalue weighted by Gasteiger charge is 2.32. The number of sulfonamides is 1. The highest BCUT2D eigenvalue weighted by molar-refractivity contribution is 7.92. The molecule has 0 aliphatic rings. The summed E-state index contributed by atoms with van der Waals surface area (Å²) in [4.78, 5) is 25.0. The number of hydrogen-bond acceptors (Lipinski definition) is 6. The third kappa shape index (κ3) is 5.50. The predicted octanol–water partition coefficient (Wildman–Crippen LogP) is 3.06. The minimum atomic E-state index is -3.78. The molecule has 0 aliphatic carbocycles. The van der Waals surface area contributed by atoms with Crippen molar-refractivity contribution < 1.29 is 27.5 Å². The van der Waals surface area contributed by atoms with Crippen molar-refractivity contribution >= 4 is 33.3 Å². The van der Waals surface area contributed by atoms with Gasteiger partial charge in [0, 0.05) is 0 Å². The number of nitrogens with one attached hydrogen (secondary N) is 1. The Balaban J connectivity index is 2.38. The van der Waals surface area contributed by atoms with E-state index in [1.54, 1.807) is 49.4 Å². The molecule has 162 valence electrons. The largest absolute Gasteiger partial charge is 0.494 e. The van der Waals surface area contributed by atoms with Crippen molar-refractivity contribution in [3.05, 3.63) is 54.1 Å². The maximum absolute atomic E-state index is 13.0. The quantitative estimate of drug-likeness (QED) is 0.609.